The highest BCUT2D eigenvalue weighted by Gasteiger charge is 2.16. The van der Waals surface area contributed by atoms with Crippen LogP contribution in [0.3, 0.4) is 0 Å². The van der Waals surface area contributed by atoms with Gasteiger partial charge in [-0.25, -0.2) is 0 Å². The van der Waals surface area contributed by atoms with Crippen LogP contribution < -0.4 is 4.74 Å². The minimum absolute atomic E-state index is 0.985. The first kappa shape index (κ1) is 13.6. The van der Waals surface area contributed by atoms with Gasteiger partial charge in [0.05, 0.1) is 7.11 Å². The first-order valence-electron chi connectivity index (χ1n) is 8.06. The van der Waals surface area contributed by atoms with E-state index < -0.39 is 0 Å². The van der Waals surface area contributed by atoms with E-state index >= 15 is 0 Å². The monoisotopic (exact) mass is 291 g/mol. The van der Waals surface area contributed by atoms with Crippen LogP contribution in [-0.4, -0.2) is 25.1 Å². The fraction of sp³-hybridized carbons (Fsp3) is 0.300. The third kappa shape index (κ3) is 2.34. The summed E-state index contributed by atoms with van der Waals surface area (Å²) in [6.07, 6.45) is 2.63. The summed E-state index contributed by atoms with van der Waals surface area (Å²) in [7, 11) is 1.77. The van der Waals surface area contributed by atoms with Crippen LogP contribution in [0.25, 0.3) is 21.5 Å². The van der Waals surface area contributed by atoms with E-state index in [1.54, 1.807) is 7.11 Å². The molecule has 0 N–H and O–H groups in total. The second kappa shape index (κ2) is 5.62. The standard InChI is InChI=1S/C20H21NO/c1-22-20-9-8-17-12-15-6-2-3-7-16(15)13-18(17)19(20)14-21-10-4-5-11-21/h2-3,6-9,12-13H,4-5,10-11,14H2,1H3. The molecule has 1 aliphatic heterocycles. The lowest BCUT2D eigenvalue weighted by atomic mass is 9.98. The molecule has 2 nitrogen and oxygen atoms in total. The zero-order valence-electron chi connectivity index (χ0n) is 13.0. The Morgan fingerprint density at radius 1 is 0.909 bits per heavy atom. The zero-order valence-corrected chi connectivity index (χ0v) is 13.0. The van der Waals surface area contributed by atoms with E-state index in [2.05, 4.69) is 53.4 Å². The van der Waals surface area contributed by atoms with Crippen LogP contribution in [0.2, 0.25) is 0 Å². The van der Waals surface area contributed by atoms with Gasteiger partial charge in [-0.05, 0) is 65.7 Å². The molecule has 0 radical (unpaired) electrons. The van der Waals surface area contributed by atoms with Crippen LogP contribution in [0.5, 0.6) is 5.75 Å². The predicted molar refractivity (Wildman–Crippen MR) is 92.5 cm³/mol. The van der Waals surface area contributed by atoms with Gasteiger partial charge in [-0.15, -0.1) is 0 Å². The number of ether oxygens (including phenoxy) is 1. The molecule has 0 amide bonds. The molecular weight excluding hydrogens is 270 g/mol. The van der Waals surface area contributed by atoms with Gasteiger partial charge in [0.2, 0.25) is 0 Å². The Hall–Kier alpha value is -2.06. The fourth-order valence-electron chi connectivity index (χ4n) is 3.57. The van der Waals surface area contributed by atoms with E-state index in [0.29, 0.717) is 0 Å². The topological polar surface area (TPSA) is 12.5 Å². The van der Waals surface area contributed by atoms with Crippen molar-refractivity contribution < 1.29 is 4.74 Å². The van der Waals surface area contributed by atoms with Gasteiger partial charge >= 0.3 is 0 Å². The normalized spacial score (nSPS) is 15.7. The van der Waals surface area contributed by atoms with Crippen LogP contribution >= 0.6 is 0 Å². The lowest BCUT2D eigenvalue weighted by Gasteiger charge is -2.19. The summed E-state index contributed by atoms with van der Waals surface area (Å²) in [4.78, 5) is 2.53. The molecule has 0 unspecified atom stereocenters. The maximum Gasteiger partial charge on any atom is 0.123 e. The molecule has 1 fully saturated rings. The third-order valence-electron chi connectivity index (χ3n) is 4.75. The molecule has 0 aliphatic carbocycles. The van der Waals surface area contributed by atoms with Gasteiger partial charge < -0.3 is 4.74 Å². The van der Waals surface area contributed by atoms with Crippen molar-refractivity contribution in [1.29, 1.82) is 0 Å². The van der Waals surface area contributed by atoms with Crippen LogP contribution in [0.1, 0.15) is 18.4 Å². The zero-order chi connectivity index (χ0) is 14.9. The van der Waals surface area contributed by atoms with E-state index in [9.17, 15) is 0 Å². The molecule has 0 aromatic heterocycles. The van der Waals surface area contributed by atoms with Crippen molar-refractivity contribution in [2.45, 2.75) is 19.4 Å². The summed E-state index contributed by atoms with van der Waals surface area (Å²) in [5, 5.41) is 5.22. The summed E-state index contributed by atoms with van der Waals surface area (Å²) in [5.41, 5.74) is 1.33. The minimum Gasteiger partial charge on any atom is -0.496 e. The lowest BCUT2D eigenvalue weighted by Crippen LogP contribution is -2.19. The van der Waals surface area contributed by atoms with Crippen molar-refractivity contribution in [2.24, 2.45) is 0 Å². The molecule has 0 saturated carbocycles. The Labute approximate surface area is 131 Å². The van der Waals surface area contributed by atoms with Crippen LogP contribution in [0.15, 0.2) is 48.5 Å². The Morgan fingerprint density at radius 3 is 2.36 bits per heavy atom. The highest BCUT2D eigenvalue weighted by molar-refractivity contribution is 6.00. The van der Waals surface area contributed by atoms with Gasteiger partial charge in [0.15, 0.2) is 0 Å². The summed E-state index contributed by atoms with van der Waals surface area (Å²) in [6, 6.07) is 17.5. The van der Waals surface area contributed by atoms with Gasteiger partial charge in [0.1, 0.15) is 5.75 Å². The summed E-state index contributed by atoms with van der Waals surface area (Å²) in [6.45, 7) is 3.39. The quantitative estimate of drug-likeness (QED) is 0.654. The molecule has 1 saturated heterocycles. The van der Waals surface area contributed by atoms with Crippen LogP contribution in [0, 0.1) is 0 Å². The summed E-state index contributed by atoms with van der Waals surface area (Å²) < 4.78 is 5.65. The number of methoxy groups -OCH3 is 1. The Morgan fingerprint density at radius 2 is 1.64 bits per heavy atom. The van der Waals surface area contributed by atoms with Gasteiger partial charge in [-0.2, -0.15) is 0 Å². The Kier molecular flexibility index (Phi) is 3.47. The molecule has 2 heteroatoms. The second-order valence-corrected chi connectivity index (χ2v) is 6.15. The average Bonchev–Trinajstić information content (AvgIpc) is 3.06. The van der Waals surface area contributed by atoms with Crippen molar-refractivity contribution in [3.63, 3.8) is 0 Å². The van der Waals surface area contributed by atoms with Crippen molar-refractivity contribution >= 4 is 21.5 Å². The number of benzene rings is 3. The molecule has 3 aromatic rings. The summed E-state index contributed by atoms with van der Waals surface area (Å²) in [5.74, 6) is 1.01. The Bertz CT molecular complexity index is 818. The first-order valence-corrected chi connectivity index (χ1v) is 8.06. The largest absolute Gasteiger partial charge is 0.496 e. The summed E-state index contributed by atoms with van der Waals surface area (Å²) >= 11 is 0. The number of hydrogen-bond donors (Lipinski definition) is 0. The van der Waals surface area contributed by atoms with E-state index in [1.807, 2.05) is 0 Å². The highest BCUT2D eigenvalue weighted by Crippen LogP contribution is 2.32. The molecular formula is C20H21NO. The van der Waals surface area contributed by atoms with Crippen molar-refractivity contribution in [2.75, 3.05) is 20.2 Å². The van der Waals surface area contributed by atoms with Gasteiger partial charge in [-0.1, -0.05) is 30.3 Å². The van der Waals surface area contributed by atoms with E-state index in [0.717, 1.165) is 12.3 Å². The number of rotatable bonds is 3. The van der Waals surface area contributed by atoms with Crippen molar-refractivity contribution in [3.05, 3.63) is 54.1 Å². The van der Waals surface area contributed by atoms with E-state index in [-0.39, 0.29) is 0 Å². The Balaban J connectivity index is 1.91. The molecule has 0 spiro atoms. The molecule has 1 aliphatic rings. The highest BCUT2D eigenvalue weighted by atomic mass is 16.5. The molecule has 3 aromatic carbocycles. The average molecular weight is 291 g/mol. The second-order valence-electron chi connectivity index (χ2n) is 6.15. The number of hydrogen-bond acceptors (Lipinski definition) is 2. The van der Waals surface area contributed by atoms with E-state index in [1.165, 1.54) is 53.0 Å². The maximum absolute atomic E-state index is 5.65. The molecule has 1 heterocycles. The minimum atomic E-state index is 0.985. The lowest BCUT2D eigenvalue weighted by molar-refractivity contribution is 0.322. The van der Waals surface area contributed by atoms with Gasteiger partial charge in [0.25, 0.3) is 0 Å². The van der Waals surface area contributed by atoms with Crippen LogP contribution in [-0.2, 0) is 6.54 Å². The fourth-order valence-corrected chi connectivity index (χ4v) is 3.57. The molecule has 0 atom stereocenters. The number of fused-ring (bicyclic) bond motifs is 2. The molecule has 22 heavy (non-hydrogen) atoms. The smallest absolute Gasteiger partial charge is 0.123 e. The molecule has 4 rings (SSSR count). The maximum atomic E-state index is 5.65. The van der Waals surface area contributed by atoms with Gasteiger partial charge in [-0.3, -0.25) is 4.90 Å². The third-order valence-corrected chi connectivity index (χ3v) is 4.75. The number of nitrogens with zero attached hydrogens (tertiary/aromatic N) is 1. The molecule has 112 valence electrons. The predicted octanol–water partition coefficient (Wildman–Crippen LogP) is 4.60. The van der Waals surface area contributed by atoms with Crippen LogP contribution in [0.4, 0.5) is 0 Å². The van der Waals surface area contributed by atoms with Crippen molar-refractivity contribution in [3.8, 4) is 5.75 Å². The van der Waals surface area contributed by atoms with E-state index in [4.69, 9.17) is 4.74 Å². The number of likely N-dealkylation sites (tertiary alicyclic amines) is 1. The van der Waals surface area contributed by atoms with Crippen molar-refractivity contribution in [1.82, 2.24) is 4.90 Å². The first-order chi connectivity index (χ1) is 10.8. The van der Waals surface area contributed by atoms with Gasteiger partial charge in [0, 0.05) is 12.1 Å². The molecule has 0 bridgehead atoms. The SMILES string of the molecule is COc1ccc2cc3ccccc3cc2c1CN1CCCC1.